The lowest BCUT2D eigenvalue weighted by atomic mass is 9.82. The van der Waals surface area contributed by atoms with E-state index in [1.807, 2.05) is 4.90 Å². The molecule has 0 spiro atoms. The molecule has 2 amide bonds. The highest BCUT2D eigenvalue weighted by Gasteiger charge is 2.27. The van der Waals surface area contributed by atoms with Crippen molar-refractivity contribution in [2.45, 2.75) is 32.6 Å². The topological polar surface area (TPSA) is 72.9 Å². The van der Waals surface area contributed by atoms with Crippen LogP contribution in [0.15, 0.2) is 0 Å². The minimum atomic E-state index is -0.675. The van der Waals surface area contributed by atoms with E-state index in [1.165, 1.54) is 0 Å². The van der Waals surface area contributed by atoms with Crippen molar-refractivity contribution in [3.8, 4) is 0 Å². The molecule has 0 aromatic heterocycles. The van der Waals surface area contributed by atoms with Gasteiger partial charge in [-0.15, -0.1) is 0 Å². The number of nitrogens with one attached hydrogen (secondary N) is 1. The molecule has 0 atom stereocenters. The minimum Gasteiger partial charge on any atom is -0.481 e. The number of carbonyl (C=O) groups is 2. The van der Waals surface area contributed by atoms with Crippen molar-refractivity contribution < 1.29 is 14.7 Å². The number of carboxylic acids is 1. The fraction of sp³-hybridized carbons (Fsp3) is 0.867. The molecule has 6 nitrogen and oxygen atoms in total. The van der Waals surface area contributed by atoms with Crippen molar-refractivity contribution in [1.29, 1.82) is 0 Å². The van der Waals surface area contributed by atoms with Crippen LogP contribution in [0.5, 0.6) is 0 Å². The predicted octanol–water partition coefficient (Wildman–Crippen LogP) is 1.22. The Morgan fingerprint density at radius 2 is 1.71 bits per heavy atom. The third-order valence-corrected chi connectivity index (χ3v) is 4.84. The zero-order valence-corrected chi connectivity index (χ0v) is 12.9. The van der Waals surface area contributed by atoms with Crippen LogP contribution < -0.4 is 5.32 Å². The molecule has 2 fully saturated rings. The number of carbonyl (C=O) groups excluding carboxylic acids is 1. The van der Waals surface area contributed by atoms with E-state index in [4.69, 9.17) is 5.11 Å². The summed E-state index contributed by atoms with van der Waals surface area (Å²) in [6, 6.07) is 0.0334. The van der Waals surface area contributed by atoms with Crippen molar-refractivity contribution in [3.63, 3.8) is 0 Å². The van der Waals surface area contributed by atoms with Gasteiger partial charge < -0.3 is 20.2 Å². The molecule has 1 saturated heterocycles. The maximum Gasteiger partial charge on any atom is 0.317 e. The first kappa shape index (κ1) is 16.1. The molecular formula is C15H27N3O3. The fourth-order valence-corrected chi connectivity index (χ4v) is 3.22. The SMILES string of the molecule is CCN1CCN(C(=O)NCC2CCC(C(=O)O)CC2)CC1. The Morgan fingerprint density at radius 3 is 2.24 bits per heavy atom. The number of hydrogen-bond acceptors (Lipinski definition) is 3. The average molecular weight is 297 g/mol. The Hall–Kier alpha value is -1.30. The molecule has 2 N–H and O–H groups in total. The maximum atomic E-state index is 12.1. The van der Waals surface area contributed by atoms with E-state index in [1.54, 1.807) is 0 Å². The monoisotopic (exact) mass is 297 g/mol. The van der Waals surface area contributed by atoms with Crippen molar-refractivity contribution in [2.24, 2.45) is 11.8 Å². The van der Waals surface area contributed by atoms with Crippen molar-refractivity contribution in [1.82, 2.24) is 15.1 Å². The smallest absolute Gasteiger partial charge is 0.317 e. The molecule has 0 bridgehead atoms. The molecule has 1 aliphatic heterocycles. The number of likely N-dealkylation sites (N-methyl/N-ethyl adjacent to an activating group) is 1. The van der Waals surface area contributed by atoms with E-state index >= 15 is 0 Å². The number of rotatable bonds is 4. The standard InChI is InChI=1S/C15H27N3O3/c1-2-17-7-9-18(10-8-17)15(21)16-11-12-3-5-13(6-4-12)14(19)20/h12-13H,2-11H2,1H3,(H,16,21)(H,19,20). The van der Waals surface area contributed by atoms with Crippen molar-refractivity contribution >= 4 is 12.0 Å². The first-order chi connectivity index (χ1) is 10.1. The molecule has 1 heterocycles. The van der Waals surface area contributed by atoms with Gasteiger partial charge in [-0.3, -0.25) is 4.79 Å². The summed E-state index contributed by atoms with van der Waals surface area (Å²) in [5.41, 5.74) is 0. The van der Waals surface area contributed by atoms with Gasteiger partial charge in [-0.05, 0) is 38.1 Å². The van der Waals surface area contributed by atoms with Crippen LogP contribution >= 0.6 is 0 Å². The molecule has 120 valence electrons. The first-order valence-corrected chi connectivity index (χ1v) is 8.08. The largest absolute Gasteiger partial charge is 0.481 e. The maximum absolute atomic E-state index is 12.1. The Kier molecular flexibility index (Phi) is 5.85. The molecular weight excluding hydrogens is 270 g/mol. The Bertz CT molecular complexity index is 359. The van der Waals surface area contributed by atoms with Gasteiger partial charge in [0, 0.05) is 32.7 Å². The number of carboxylic acid groups (broad SMARTS) is 1. The number of piperazine rings is 1. The summed E-state index contributed by atoms with van der Waals surface area (Å²) in [5.74, 6) is -0.424. The number of amides is 2. The number of hydrogen-bond donors (Lipinski definition) is 2. The molecule has 0 radical (unpaired) electrons. The molecule has 1 saturated carbocycles. The highest BCUT2D eigenvalue weighted by Crippen LogP contribution is 2.28. The summed E-state index contributed by atoms with van der Waals surface area (Å²) >= 11 is 0. The lowest BCUT2D eigenvalue weighted by Gasteiger charge is -2.34. The van der Waals surface area contributed by atoms with Crippen LogP contribution in [0.3, 0.4) is 0 Å². The van der Waals surface area contributed by atoms with Gasteiger partial charge in [0.05, 0.1) is 5.92 Å². The van der Waals surface area contributed by atoms with Crippen molar-refractivity contribution in [3.05, 3.63) is 0 Å². The van der Waals surface area contributed by atoms with Gasteiger partial charge in [-0.1, -0.05) is 6.92 Å². The number of nitrogens with zero attached hydrogens (tertiary/aromatic N) is 2. The van der Waals surface area contributed by atoms with Gasteiger partial charge in [0.15, 0.2) is 0 Å². The Balaban J connectivity index is 1.65. The van der Waals surface area contributed by atoms with Gasteiger partial charge >= 0.3 is 12.0 Å². The summed E-state index contributed by atoms with van der Waals surface area (Å²) in [6.45, 7) is 7.36. The van der Waals surface area contributed by atoms with E-state index in [2.05, 4.69) is 17.1 Å². The van der Waals surface area contributed by atoms with Crippen LogP contribution in [0.1, 0.15) is 32.6 Å². The third kappa shape index (κ3) is 4.59. The quantitative estimate of drug-likeness (QED) is 0.818. The molecule has 0 aromatic rings. The van der Waals surface area contributed by atoms with E-state index in [0.29, 0.717) is 12.5 Å². The number of urea groups is 1. The van der Waals surface area contributed by atoms with Crippen LogP contribution in [0.4, 0.5) is 4.79 Å². The van der Waals surface area contributed by atoms with Gasteiger partial charge in [-0.25, -0.2) is 4.79 Å². The van der Waals surface area contributed by atoms with Gasteiger partial charge in [0.2, 0.25) is 0 Å². The molecule has 6 heteroatoms. The summed E-state index contributed by atoms with van der Waals surface area (Å²) in [5, 5.41) is 12.0. The summed E-state index contributed by atoms with van der Waals surface area (Å²) in [4.78, 5) is 27.2. The van der Waals surface area contributed by atoms with Crippen LogP contribution in [0.2, 0.25) is 0 Å². The second-order valence-electron chi connectivity index (χ2n) is 6.16. The molecule has 2 rings (SSSR count). The summed E-state index contributed by atoms with van der Waals surface area (Å²) in [6.07, 6.45) is 3.29. The Labute approximate surface area is 126 Å². The molecule has 0 aromatic carbocycles. The van der Waals surface area contributed by atoms with E-state index < -0.39 is 5.97 Å². The zero-order valence-electron chi connectivity index (χ0n) is 12.9. The van der Waals surface area contributed by atoms with Crippen LogP contribution in [0.25, 0.3) is 0 Å². The highest BCUT2D eigenvalue weighted by atomic mass is 16.4. The van der Waals surface area contributed by atoms with E-state index in [9.17, 15) is 9.59 Å². The predicted molar refractivity (Wildman–Crippen MR) is 80.2 cm³/mol. The minimum absolute atomic E-state index is 0.0334. The fourth-order valence-electron chi connectivity index (χ4n) is 3.22. The average Bonchev–Trinajstić information content (AvgIpc) is 2.53. The van der Waals surface area contributed by atoms with Crippen molar-refractivity contribution in [2.75, 3.05) is 39.3 Å². The zero-order chi connectivity index (χ0) is 15.2. The molecule has 21 heavy (non-hydrogen) atoms. The highest BCUT2D eigenvalue weighted by molar-refractivity contribution is 5.74. The van der Waals surface area contributed by atoms with E-state index in [-0.39, 0.29) is 11.9 Å². The second-order valence-corrected chi connectivity index (χ2v) is 6.16. The lowest BCUT2D eigenvalue weighted by Crippen LogP contribution is -2.52. The van der Waals surface area contributed by atoms with Gasteiger partial charge in [0.1, 0.15) is 0 Å². The van der Waals surface area contributed by atoms with Gasteiger partial charge in [0.25, 0.3) is 0 Å². The normalized spacial score (nSPS) is 27.4. The third-order valence-electron chi connectivity index (χ3n) is 4.84. The lowest BCUT2D eigenvalue weighted by molar-refractivity contribution is -0.143. The van der Waals surface area contributed by atoms with Gasteiger partial charge in [-0.2, -0.15) is 0 Å². The molecule has 0 unspecified atom stereocenters. The van der Waals surface area contributed by atoms with Crippen LogP contribution in [-0.2, 0) is 4.79 Å². The van der Waals surface area contributed by atoms with Crippen LogP contribution in [-0.4, -0.2) is 66.2 Å². The number of aliphatic carboxylic acids is 1. The van der Waals surface area contributed by atoms with Crippen LogP contribution in [0, 0.1) is 11.8 Å². The summed E-state index contributed by atoms with van der Waals surface area (Å²) in [7, 11) is 0. The summed E-state index contributed by atoms with van der Waals surface area (Å²) < 4.78 is 0. The van der Waals surface area contributed by atoms with E-state index in [0.717, 1.165) is 58.4 Å². The second kappa shape index (κ2) is 7.64. The molecule has 2 aliphatic rings. The first-order valence-electron chi connectivity index (χ1n) is 8.08. The Morgan fingerprint density at radius 1 is 1.10 bits per heavy atom. The molecule has 1 aliphatic carbocycles.